The normalized spacial score (nSPS) is 21.3. The quantitative estimate of drug-likeness (QED) is 0.590. The Morgan fingerprint density at radius 1 is 1.00 bits per heavy atom. The summed E-state index contributed by atoms with van der Waals surface area (Å²) in [7, 11) is -0.494. The third-order valence-electron chi connectivity index (χ3n) is 5.16. The molecule has 0 saturated carbocycles. The van der Waals surface area contributed by atoms with Gasteiger partial charge >= 0.3 is 0 Å². The van der Waals surface area contributed by atoms with E-state index in [2.05, 4.69) is 13.0 Å². The highest BCUT2D eigenvalue weighted by atomic mass is 28.3. The van der Waals surface area contributed by atoms with Crippen LogP contribution in [-0.4, -0.2) is 8.80 Å². The minimum absolute atomic E-state index is 0.193. The Morgan fingerprint density at radius 2 is 1.70 bits per heavy atom. The molecule has 0 amide bonds. The zero-order chi connectivity index (χ0) is 16.2. The van der Waals surface area contributed by atoms with E-state index < -0.39 is 8.80 Å². The van der Waals surface area contributed by atoms with Crippen molar-refractivity contribution in [3.05, 3.63) is 59.7 Å². The Labute approximate surface area is 139 Å². The van der Waals surface area contributed by atoms with E-state index in [1.54, 1.807) is 18.2 Å². The van der Waals surface area contributed by atoms with Crippen LogP contribution in [0.5, 0.6) is 0 Å². The van der Waals surface area contributed by atoms with Crippen LogP contribution in [0, 0.1) is 11.6 Å². The van der Waals surface area contributed by atoms with Crippen molar-refractivity contribution in [2.24, 2.45) is 0 Å². The number of halogens is 2. The zero-order valence-electron chi connectivity index (χ0n) is 13.7. The molecule has 1 fully saturated rings. The first-order chi connectivity index (χ1) is 11.2. The van der Waals surface area contributed by atoms with Gasteiger partial charge in [-0.3, -0.25) is 0 Å². The van der Waals surface area contributed by atoms with Crippen LogP contribution in [0.4, 0.5) is 8.78 Å². The van der Waals surface area contributed by atoms with Crippen LogP contribution in [0.15, 0.2) is 42.5 Å². The Kier molecular flexibility index (Phi) is 5.26. The number of hydrogen-bond donors (Lipinski definition) is 0. The van der Waals surface area contributed by atoms with E-state index in [0.717, 1.165) is 11.1 Å². The van der Waals surface area contributed by atoms with Crippen LogP contribution in [0.25, 0.3) is 11.1 Å². The molecule has 2 aromatic rings. The van der Waals surface area contributed by atoms with Gasteiger partial charge in [-0.05, 0) is 48.1 Å². The maximum atomic E-state index is 14.5. The molecule has 1 aliphatic rings. The van der Waals surface area contributed by atoms with E-state index >= 15 is 0 Å². The van der Waals surface area contributed by atoms with Crippen molar-refractivity contribution >= 4 is 8.80 Å². The first-order valence-electron chi connectivity index (χ1n) is 8.72. The van der Waals surface area contributed by atoms with E-state index in [0.29, 0.717) is 11.5 Å². The topological polar surface area (TPSA) is 0 Å². The van der Waals surface area contributed by atoms with Crippen LogP contribution < -0.4 is 0 Å². The number of hydrogen-bond acceptors (Lipinski definition) is 0. The van der Waals surface area contributed by atoms with Gasteiger partial charge in [-0.15, -0.1) is 0 Å². The summed E-state index contributed by atoms with van der Waals surface area (Å²) in [5, 5.41) is 0. The molecule has 0 aliphatic carbocycles. The molecule has 0 atom stereocenters. The van der Waals surface area contributed by atoms with Crippen LogP contribution >= 0.6 is 0 Å². The zero-order valence-corrected chi connectivity index (χ0v) is 14.8. The second-order valence-electron chi connectivity index (χ2n) is 6.75. The van der Waals surface area contributed by atoms with Gasteiger partial charge in [0.25, 0.3) is 0 Å². The average Bonchev–Trinajstić information content (AvgIpc) is 2.57. The summed E-state index contributed by atoms with van der Waals surface area (Å²) >= 11 is 0. The van der Waals surface area contributed by atoms with Crippen LogP contribution in [0.3, 0.4) is 0 Å². The summed E-state index contributed by atoms with van der Waals surface area (Å²) in [6, 6.07) is 15.9. The van der Waals surface area contributed by atoms with Gasteiger partial charge in [0.1, 0.15) is 11.6 Å². The number of rotatable bonds is 4. The standard InChI is InChI=1S/C20H24F2Si/c1-2-11-23-12-9-15(10-13-23)17-5-8-19(20(22)14-17)16-3-6-18(21)7-4-16/h3-8,14-15,23H,2,9-13H2,1H3. The third kappa shape index (κ3) is 3.89. The molecule has 0 bridgehead atoms. The molecule has 1 saturated heterocycles. The summed E-state index contributed by atoms with van der Waals surface area (Å²) in [6.45, 7) is 2.28. The molecule has 122 valence electrons. The predicted molar refractivity (Wildman–Crippen MR) is 95.6 cm³/mol. The van der Waals surface area contributed by atoms with Gasteiger partial charge in [-0.1, -0.05) is 55.7 Å². The largest absolute Gasteiger partial charge is 0.207 e. The highest BCUT2D eigenvalue weighted by Crippen LogP contribution is 2.36. The Hall–Kier alpha value is -1.48. The molecule has 0 N–H and O–H groups in total. The lowest BCUT2D eigenvalue weighted by molar-refractivity contribution is 0.589. The first kappa shape index (κ1) is 16.4. The summed E-state index contributed by atoms with van der Waals surface area (Å²) in [5.41, 5.74) is 2.43. The summed E-state index contributed by atoms with van der Waals surface area (Å²) in [4.78, 5) is 0. The minimum atomic E-state index is -0.494. The Bertz CT molecular complexity index is 643. The van der Waals surface area contributed by atoms with Crippen molar-refractivity contribution in [2.75, 3.05) is 0 Å². The molecule has 3 rings (SSSR count). The molecule has 1 aliphatic heterocycles. The molecule has 0 nitrogen and oxygen atoms in total. The summed E-state index contributed by atoms with van der Waals surface area (Å²) in [5.74, 6) is 0.0354. The molecular formula is C20H24F2Si. The maximum absolute atomic E-state index is 14.5. The highest BCUT2D eigenvalue weighted by molar-refractivity contribution is 6.59. The molecular weight excluding hydrogens is 306 g/mol. The van der Waals surface area contributed by atoms with Gasteiger partial charge in [0, 0.05) is 14.4 Å². The molecule has 2 aromatic carbocycles. The van der Waals surface area contributed by atoms with Crippen molar-refractivity contribution in [3.63, 3.8) is 0 Å². The molecule has 23 heavy (non-hydrogen) atoms. The minimum Gasteiger partial charge on any atom is -0.207 e. The van der Waals surface area contributed by atoms with Gasteiger partial charge in [0.05, 0.1) is 0 Å². The smallest absolute Gasteiger partial charge is 0.131 e. The van der Waals surface area contributed by atoms with E-state index in [4.69, 9.17) is 0 Å². The molecule has 0 spiro atoms. The first-order valence-corrected chi connectivity index (χ1v) is 11.2. The van der Waals surface area contributed by atoms with Gasteiger partial charge in [-0.2, -0.15) is 0 Å². The monoisotopic (exact) mass is 330 g/mol. The van der Waals surface area contributed by atoms with E-state index in [1.807, 2.05) is 6.07 Å². The van der Waals surface area contributed by atoms with E-state index in [1.165, 1.54) is 49.5 Å². The van der Waals surface area contributed by atoms with Crippen LogP contribution in [0.1, 0.15) is 37.7 Å². The highest BCUT2D eigenvalue weighted by Gasteiger charge is 2.23. The van der Waals surface area contributed by atoms with Crippen LogP contribution in [-0.2, 0) is 0 Å². The second kappa shape index (κ2) is 7.39. The van der Waals surface area contributed by atoms with Crippen molar-refractivity contribution in [1.29, 1.82) is 0 Å². The van der Waals surface area contributed by atoms with Crippen molar-refractivity contribution in [3.8, 4) is 11.1 Å². The average molecular weight is 330 g/mol. The second-order valence-corrected chi connectivity index (χ2v) is 10.2. The fourth-order valence-corrected chi connectivity index (χ4v) is 7.27. The molecule has 1 heterocycles. The Morgan fingerprint density at radius 3 is 2.30 bits per heavy atom. The van der Waals surface area contributed by atoms with E-state index in [9.17, 15) is 8.78 Å². The van der Waals surface area contributed by atoms with Crippen molar-refractivity contribution in [2.45, 2.75) is 50.2 Å². The van der Waals surface area contributed by atoms with Gasteiger partial charge in [0.15, 0.2) is 0 Å². The Balaban J connectivity index is 1.74. The fraction of sp³-hybridized carbons (Fsp3) is 0.400. The SMILES string of the molecule is CCC[SiH]1CCC(c2ccc(-c3ccc(F)cc3)c(F)c2)CC1. The van der Waals surface area contributed by atoms with Gasteiger partial charge in [-0.25, -0.2) is 8.78 Å². The summed E-state index contributed by atoms with van der Waals surface area (Å²) < 4.78 is 27.5. The lowest BCUT2D eigenvalue weighted by atomic mass is 9.91. The fourth-order valence-electron chi connectivity index (χ4n) is 3.84. The van der Waals surface area contributed by atoms with Crippen LogP contribution in [0.2, 0.25) is 18.1 Å². The van der Waals surface area contributed by atoms with Gasteiger partial charge in [0.2, 0.25) is 0 Å². The van der Waals surface area contributed by atoms with Crippen molar-refractivity contribution in [1.82, 2.24) is 0 Å². The van der Waals surface area contributed by atoms with Gasteiger partial charge < -0.3 is 0 Å². The molecule has 0 radical (unpaired) electrons. The summed E-state index contributed by atoms with van der Waals surface area (Å²) in [6.07, 6.45) is 3.78. The molecule has 3 heteroatoms. The lowest BCUT2D eigenvalue weighted by Crippen LogP contribution is -2.20. The number of benzene rings is 2. The van der Waals surface area contributed by atoms with Crippen molar-refractivity contribution < 1.29 is 8.78 Å². The molecule has 0 aromatic heterocycles. The lowest BCUT2D eigenvalue weighted by Gasteiger charge is -2.28. The van der Waals surface area contributed by atoms with E-state index in [-0.39, 0.29) is 11.6 Å². The predicted octanol–water partition coefficient (Wildman–Crippen LogP) is 6.15. The third-order valence-corrected chi connectivity index (χ3v) is 8.86. The molecule has 0 unspecified atom stereocenters. The maximum Gasteiger partial charge on any atom is 0.131 e.